The van der Waals surface area contributed by atoms with Gasteiger partial charge < -0.3 is 24.1 Å². The third kappa shape index (κ3) is 10.5. The summed E-state index contributed by atoms with van der Waals surface area (Å²) in [5.74, 6) is 0.844. The van der Waals surface area contributed by atoms with Crippen LogP contribution in [0.3, 0.4) is 0 Å². The van der Waals surface area contributed by atoms with E-state index in [1.54, 1.807) is 24.1 Å². The molecule has 3 rings (SSSR count). The largest absolute Gasteiger partial charge is 0.487 e. The molecule has 7 nitrogen and oxygen atoms in total. The van der Waals surface area contributed by atoms with Crippen molar-refractivity contribution in [1.29, 1.82) is 0 Å². The van der Waals surface area contributed by atoms with Crippen LogP contribution in [-0.4, -0.2) is 49.6 Å². The monoisotopic (exact) mass is 550 g/mol. The molecule has 1 atom stereocenters. The number of methoxy groups -OCH3 is 1. The van der Waals surface area contributed by atoms with Crippen molar-refractivity contribution in [1.82, 2.24) is 4.90 Å². The predicted molar refractivity (Wildman–Crippen MR) is 162 cm³/mol. The minimum Gasteiger partial charge on any atom is -0.487 e. The predicted octanol–water partition coefficient (Wildman–Crippen LogP) is 7.60. The number of rotatable bonds is 12. The van der Waals surface area contributed by atoms with E-state index in [0.29, 0.717) is 24.2 Å². The third-order valence-corrected chi connectivity index (χ3v) is 6.56. The maximum Gasteiger partial charge on any atom is 0.291 e. The van der Waals surface area contributed by atoms with Crippen molar-refractivity contribution in [3.63, 3.8) is 0 Å². The van der Waals surface area contributed by atoms with Crippen LogP contribution in [-0.2, 0) is 9.53 Å². The van der Waals surface area contributed by atoms with E-state index in [1.165, 1.54) is 6.26 Å². The van der Waals surface area contributed by atoms with Gasteiger partial charge in [-0.1, -0.05) is 45.9 Å². The summed E-state index contributed by atoms with van der Waals surface area (Å²) >= 11 is 0. The van der Waals surface area contributed by atoms with Crippen molar-refractivity contribution in [2.75, 3.05) is 32.1 Å². The van der Waals surface area contributed by atoms with Crippen LogP contribution in [0.25, 0.3) is 11.1 Å². The van der Waals surface area contributed by atoms with Gasteiger partial charge in [0.1, 0.15) is 11.4 Å². The third-order valence-electron chi connectivity index (χ3n) is 6.56. The molecule has 1 heterocycles. The molecule has 0 aliphatic carbocycles. The van der Waals surface area contributed by atoms with Gasteiger partial charge in [0.05, 0.1) is 12.9 Å². The summed E-state index contributed by atoms with van der Waals surface area (Å²) in [4.78, 5) is 25.0. The van der Waals surface area contributed by atoms with Crippen LogP contribution in [0, 0.1) is 12.3 Å². The molecule has 3 aromatic rings. The van der Waals surface area contributed by atoms with E-state index in [0.717, 1.165) is 48.3 Å². The lowest BCUT2D eigenvalue weighted by Crippen LogP contribution is -2.37. The number of amides is 2. The topological polar surface area (TPSA) is 81.0 Å². The zero-order chi connectivity index (χ0) is 29.8. The Kier molecular flexibility index (Phi) is 12.5. The van der Waals surface area contributed by atoms with E-state index in [-0.39, 0.29) is 17.3 Å². The second-order valence-electron chi connectivity index (χ2n) is 11.4. The van der Waals surface area contributed by atoms with Crippen LogP contribution < -0.4 is 10.1 Å². The molecule has 7 heteroatoms. The average molecular weight is 551 g/mol. The summed E-state index contributed by atoms with van der Waals surface area (Å²) in [7, 11) is 1.73. The second-order valence-corrected chi connectivity index (χ2v) is 11.4. The minimum absolute atomic E-state index is 0.276. The molecule has 1 aromatic heterocycles. The summed E-state index contributed by atoms with van der Waals surface area (Å²) in [6.45, 7) is 16.9. The van der Waals surface area contributed by atoms with E-state index in [9.17, 15) is 9.59 Å². The molecule has 2 amide bonds. The van der Waals surface area contributed by atoms with Crippen LogP contribution in [0.1, 0.15) is 70.5 Å². The highest BCUT2D eigenvalue weighted by Gasteiger charge is 2.25. The number of nitrogens with one attached hydrogen (secondary N) is 1. The fourth-order valence-electron chi connectivity index (χ4n) is 3.95. The molecule has 0 bridgehead atoms. The average Bonchev–Trinajstić information content (AvgIpc) is 3.46. The Balaban J connectivity index is 0.000000708. The number of aryl methyl sites for hydroxylation is 1. The van der Waals surface area contributed by atoms with Gasteiger partial charge in [-0.25, -0.2) is 0 Å². The van der Waals surface area contributed by atoms with Crippen molar-refractivity contribution in [2.24, 2.45) is 5.41 Å². The highest BCUT2D eigenvalue weighted by atomic mass is 16.5. The van der Waals surface area contributed by atoms with Crippen LogP contribution in [0.2, 0.25) is 0 Å². The summed E-state index contributed by atoms with van der Waals surface area (Å²) < 4.78 is 16.4. The number of carbonyl (C=O) groups is 2. The molecule has 0 saturated carbocycles. The van der Waals surface area contributed by atoms with Gasteiger partial charge in [0.15, 0.2) is 5.76 Å². The number of benzene rings is 2. The molecule has 0 aliphatic rings. The van der Waals surface area contributed by atoms with Crippen molar-refractivity contribution >= 4 is 18.0 Å². The lowest BCUT2D eigenvalue weighted by molar-refractivity contribution is -0.118. The number of ether oxygens (including phenoxy) is 2. The van der Waals surface area contributed by atoms with E-state index in [1.807, 2.05) is 50.2 Å². The van der Waals surface area contributed by atoms with E-state index in [4.69, 9.17) is 13.9 Å². The molecule has 0 saturated heterocycles. The van der Waals surface area contributed by atoms with Crippen LogP contribution in [0.15, 0.2) is 65.3 Å². The SMILES string of the molecule is CCN(C=O)CCC(C)(CC)Oc1ccc(-c2ccc(NC(=O)c3ccco3)cc2)cc1C.COCC(C)(C)C. The second kappa shape index (κ2) is 15.3. The molecular weight excluding hydrogens is 504 g/mol. The molecule has 1 N–H and O–H groups in total. The molecule has 0 spiro atoms. The van der Waals surface area contributed by atoms with Crippen LogP contribution >= 0.6 is 0 Å². The molecule has 2 aromatic carbocycles. The van der Waals surface area contributed by atoms with Crippen molar-refractivity contribution in [3.05, 3.63) is 72.2 Å². The van der Waals surface area contributed by atoms with Gasteiger partial charge in [-0.2, -0.15) is 0 Å². The van der Waals surface area contributed by atoms with Crippen molar-refractivity contribution < 1.29 is 23.5 Å². The normalized spacial score (nSPS) is 12.5. The zero-order valence-corrected chi connectivity index (χ0v) is 25.4. The first-order valence-corrected chi connectivity index (χ1v) is 13.9. The standard InChI is InChI=1S/C27H32N2O4.C6H14O/c1-5-27(4,15-16-29(6-2)19-30)33-24-14-11-22(18-20(24)3)21-9-12-23(13-10-21)28-26(31)25-8-7-17-32-25;1-6(2,3)5-7-4/h7-14,17-19H,5-6,15-16H2,1-4H3,(H,28,31);5H2,1-4H3. The Labute approximate surface area is 239 Å². The molecule has 218 valence electrons. The highest BCUT2D eigenvalue weighted by Crippen LogP contribution is 2.31. The number of anilines is 1. The number of hydrogen-bond donors (Lipinski definition) is 1. The molecular formula is C33H46N2O5. The first-order valence-electron chi connectivity index (χ1n) is 13.9. The number of furan rings is 1. The molecule has 40 heavy (non-hydrogen) atoms. The number of hydrogen-bond acceptors (Lipinski definition) is 5. The summed E-state index contributed by atoms with van der Waals surface area (Å²) in [5.41, 5.74) is 3.84. The van der Waals surface area contributed by atoms with Gasteiger partial charge in [-0.15, -0.1) is 0 Å². The maximum atomic E-state index is 12.1. The van der Waals surface area contributed by atoms with Gasteiger partial charge in [0.2, 0.25) is 6.41 Å². The molecule has 0 aliphatic heterocycles. The smallest absolute Gasteiger partial charge is 0.291 e. The first kappa shape index (κ1) is 32.6. The Morgan fingerprint density at radius 1 is 1.02 bits per heavy atom. The molecule has 0 fully saturated rings. The highest BCUT2D eigenvalue weighted by molar-refractivity contribution is 6.02. The van der Waals surface area contributed by atoms with E-state index < -0.39 is 0 Å². The summed E-state index contributed by atoms with van der Waals surface area (Å²) in [6.07, 6.45) is 3.98. The lowest BCUT2D eigenvalue weighted by atomic mass is 9.97. The first-order chi connectivity index (χ1) is 18.9. The van der Waals surface area contributed by atoms with Gasteiger partial charge in [-0.05, 0) is 85.7 Å². The number of carbonyl (C=O) groups excluding carboxylic acids is 2. The maximum absolute atomic E-state index is 12.1. The summed E-state index contributed by atoms with van der Waals surface area (Å²) in [5, 5.41) is 2.83. The van der Waals surface area contributed by atoms with Gasteiger partial charge in [-0.3, -0.25) is 9.59 Å². The Morgan fingerprint density at radius 3 is 2.17 bits per heavy atom. The van der Waals surface area contributed by atoms with Crippen molar-refractivity contribution in [3.8, 4) is 16.9 Å². The van der Waals surface area contributed by atoms with E-state index >= 15 is 0 Å². The fraction of sp³-hybridized carbons (Fsp3) is 0.455. The summed E-state index contributed by atoms with van der Waals surface area (Å²) in [6, 6.07) is 17.1. The molecule has 0 radical (unpaired) electrons. The van der Waals surface area contributed by atoms with Crippen molar-refractivity contribution in [2.45, 2.75) is 66.9 Å². The quantitative estimate of drug-likeness (QED) is 0.235. The van der Waals surface area contributed by atoms with Gasteiger partial charge in [0.25, 0.3) is 5.91 Å². The Morgan fingerprint density at radius 2 is 1.70 bits per heavy atom. The van der Waals surface area contributed by atoms with Gasteiger partial charge >= 0.3 is 0 Å². The zero-order valence-electron chi connectivity index (χ0n) is 25.4. The fourth-order valence-corrected chi connectivity index (χ4v) is 3.95. The molecule has 1 unspecified atom stereocenters. The van der Waals surface area contributed by atoms with Crippen LogP contribution in [0.5, 0.6) is 5.75 Å². The Hall–Kier alpha value is -3.58. The van der Waals surface area contributed by atoms with E-state index in [2.05, 4.69) is 46.0 Å². The lowest BCUT2D eigenvalue weighted by Gasteiger charge is -2.32. The minimum atomic E-state index is -0.351. The number of nitrogens with zero attached hydrogens (tertiary/aromatic N) is 1. The van der Waals surface area contributed by atoms with Crippen LogP contribution in [0.4, 0.5) is 5.69 Å². The Bertz CT molecular complexity index is 1180. The van der Waals surface area contributed by atoms with Gasteiger partial charge in [0, 0.05) is 32.3 Å².